The maximum atomic E-state index is 12.8. The summed E-state index contributed by atoms with van der Waals surface area (Å²) in [5, 5.41) is 12.7. The standard InChI is InChI=1S/C18H25N3O3/c1-11(2)7-14(19)16(23)21-10-18(8-12(21)9-22)13-5-3-4-6-15(13)20-17(18)24/h3-6,11-12,14,22H,7-10,19H2,1-2H3,(H,20,24)/t12-,14?,18-/m0/s1. The highest BCUT2D eigenvalue weighted by Gasteiger charge is 2.55. The molecule has 2 heterocycles. The fourth-order valence-electron chi connectivity index (χ4n) is 3.97. The number of benzene rings is 1. The number of hydrogen-bond acceptors (Lipinski definition) is 4. The Morgan fingerprint density at radius 2 is 2.17 bits per heavy atom. The second-order valence-electron chi connectivity index (χ2n) is 7.32. The van der Waals surface area contributed by atoms with Gasteiger partial charge in [0.1, 0.15) is 0 Å². The molecule has 0 aromatic heterocycles. The van der Waals surface area contributed by atoms with E-state index >= 15 is 0 Å². The number of hydrogen-bond donors (Lipinski definition) is 3. The second kappa shape index (κ2) is 6.18. The molecule has 2 amide bonds. The lowest BCUT2D eigenvalue weighted by molar-refractivity contribution is -0.134. The topological polar surface area (TPSA) is 95.7 Å². The number of likely N-dealkylation sites (tertiary alicyclic amines) is 1. The van der Waals surface area contributed by atoms with Crippen molar-refractivity contribution in [2.24, 2.45) is 11.7 Å². The molecular formula is C18H25N3O3. The lowest BCUT2D eigenvalue weighted by atomic mass is 9.79. The van der Waals surface area contributed by atoms with Crippen LogP contribution >= 0.6 is 0 Å². The van der Waals surface area contributed by atoms with Gasteiger partial charge in [-0.25, -0.2) is 0 Å². The first kappa shape index (κ1) is 16.9. The number of aliphatic hydroxyl groups is 1. The fraction of sp³-hybridized carbons (Fsp3) is 0.556. The summed E-state index contributed by atoms with van der Waals surface area (Å²) >= 11 is 0. The predicted octanol–water partition coefficient (Wildman–Crippen LogP) is 0.843. The zero-order valence-electron chi connectivity index (χ0n) is 14.2. The third kappa shape index (κ3) is 2.59. The Hall–Kier alpha value is -1.92. The van der Waals surface area contributed by atoms with E-state index in [0.29, 0.717) is 18.8 Å². The Kier molecular flexibility index (Phi) is 4.36. The smallest absolute Gasteiger partial charge is 0.239 e. The van der Waals surface area contributed by atoms with Crippen LogP contribution in [-0.4, -0.2) is 47.1 Å². The van der Waals surface area contributed by atoms with Crippen molar-refractivity contribution in [1.29, 1.82) is 0 Å². The van der Waals surface area contributed by atoms with Gasteiger partial charge in [0.2, 0.25) is 11.8 Å². The van der Waals surface area contributed by atoms with Crippen LogP contribution in [0.15, 0.2) is 24.3 Å². The molecule has 130 valence electrons. The third-order valence-corrected chi connectivity index (χ3v) is 5.13. The van der Waals surface area contributed by atoms with Crippen LogP contribution in [0.3, 0.4) is 0 Å². The van der Waals surface area contributed by atoms with Gasteiger partial charge in [0.05, 0.1) is 24.1 Å². The average Bonchev–Trinajstić information content (AvgIpc) is 3.06. The molecule has 2 aliphatic rings. The molecule has 1 fully saturated rings. The van der Waals surface area contributed by atoms with Gasteiger partial charge in [0, 0.05) is 12.2 Å². The molecule has 1 spiro atoms. The van der Waals surface area contributed by atoms with E-state index in [4.69, 9.17) is 5.73 Å². The first-order valence-corrected chi connectivity index (χ1v) is 8.47. The van der Waals surface area contributed by atoms with E-state index < -0.39 is 11.5 Å². The number of para-hydroxylation sites is 1. The van der Waals surface area contributed by atoms with Crippen LogP contribution in [0.4, 0.5) is 5.69 Å². The number of amides is 2. The van der Waals surface area contributed by atoms with Crippen molar-refractivity contribution in [1.82, 2.24) is 4.90 Å². The summed E-state index contributed by atoms with van der Waals surface area (Å²) in [7, 11) is 0. The Morgan fingerprint density at radius 1 is 1.46 bits per heavy atom. The van der Waals surface area contributed by atoms with Crippen molar-refractivity contribution >= 4 is 17.5 Å². The first-order valence-electron chi connectivity index (χ1n) is 8.47. The van der Waals surface area contributed by atoms with Gasteiger partial charge in [-0.2, -0.15) is 0 Å². The normalized spacial score (nSPS) is 26.8. The van der Waals surface area contributed by atoms with Crippen molar-refractivity contribution in [3.63, 3.8) is 0 Å². The van der Waals surface area contributed by atoms with E-state index in [1.807, 2.05) is 38.1 Å². The van der Waals surface area contributed by atoms with Crippen LogP contribution in [-0.2, 0) is 15.0 Å². The van der Waals surface area contributed by atoms with Crippen LogP contribution in [0, 0.1) is 5.92 Å². The molecule has 1 unspecified atom stereocenters. The molecule has 0 bridgehead atoms. The molecular weight excluding hydrogens is 306 g/mol. The van der Waals surface area contributed by atoms with Crippen LogP contribution in [0.2, 0.25) is 0 Å². The molecule has 0 aliphatic carbocycles. The first-order chi connectivity index (χ1) is 11.4. The number of fused-ring (bicyclic) bond motifs is 2. The van der Waals surface area contributed by atoms with E-state index in [1.165, 1.54) is 0 Å². The van der Waals surface area contributed by atoms with E-state index in [9.17, 15) is 14.7 Å². The van der Waals surface area contributed by atoms with Crippen molar-refractivity contribution in [3.05, 3.63) is 29.8 Å². The van der Waals surface area contributed by atoms with E-state index in [2.05, 4.69) is 5.32 Å². The van der Waals surface area contributed by atoms with Gasteiger partial charge in [-0.3, -0.25) is 9.59 Å². The monoisotopic (exact) mass is 331 g/mol. The maximum absolute atomic E-state index is 12.8. The van der Waals surface area contributed by atoms with Crippen molar-refractivity contribution < 1.29 is 14.7 Å². The Morgan fingerprint density at radius 3 is 2.83 bits per heavy atom. The minimum absolute atomic E-state index is 0.102. The number of carbonyl (C=O) groups excluding carboxylic acids is 2. The van der Waals surface area contributed by atoms with Gasteiger partial charge in [-0.15, -0.1) is 0 Å². The molecule has 1 aromatic carbocycles. The molecule has 6 heteroatoms. The molecule has 1 saturated heterocycles. The summed E-state index contributed by atoms with van der Waals surface area (Å²) in [4.78, 5) is 27.0. The number of nitrogens with one attached hydrogen (secondary N) is 1. The molecule has 0 radical (unpaired) electrons. The summed E-state index contributed by atoms with van der Waals surface area (Å²) in [6.07, 6.45) is 1.01. The van der Waals surface area contributed by atoms with Crippen molar-refractivity contribution in [2.75, 3.05) is 18.5 Å². The molecule has 4 N–H and O–H groups in total. The summed E-state index contributed by atoms with van der Waals surface area (Å²) in [5.74, 6) is 0.0234. The molecule has 2 aliphatic heterocycles. The number of aliphatic hydroxyl groups excluding tert-OH is 1. The summed E-state index contributed by atoms with van der Waals surface area (Å²) in [5.41, 5.74) is 6.97. The second-order valence-corrected chi connectivity index (χ2v) is 7.32. The quantitative estimate of drug-likeness (QED) is 0.762. The minimum atomic E-state index is -0.781. The Labute approximate surface area is 142 Å². The van der Waals surface area contributed by atoms with Crippen molar-refractivity contribution in [2.45, 2.75) is 44.2 Å². The van der Waals surface area contributed by atoms with Crippen LogP contribution in [0.25, 0.3) is 0 Å². The number of rotatable bonds is 4. The van der Waals surface area contributed by atoms with E-state index in [0.717, 1.165) is 11.3 Å². The van der Waals surface area contributed by atoms with Gasteiger partial charge in [0.15, 0.2) is 0 Å². The lowest BCUT2D eigenvalue weighted by Crippen LogP contribution is -2.48. The highest BCUT2D eigenvalue weighted by Crippen LogP contribution is 2.46. The SMILES string of the molecule is CC(C)CC(N)C(=O)N1C[C@]2(C[C@H]1CO)C(=O)Nc1ccccc12. The molecule has 3 atom stereocenters. The van der Waals surface area contributed by atoms with Gasteiger partial charge in [-0.1, -0.05) is 32.0 Å². The zero-order valence-corrected chi connectivity index (χ0v) is 14.2. The number of anilines is 1. The minimum Gasteiger partial charge on any atom is -0.394 e. The number of carbonyl (C=O) groups is 2. The lowest BCUT2D eigenvalue weighted by Gasteiger charge is -2.27. The average molecular weight is 331 g/mol. The van der Waals surface area contributed by atoms with Gasteiger partial charge in [0.25, 0.3) is 0 Å². The Bertz CT molecular complexity index is 661. The van der Waals surface area contributed by atoms with E-state index in [1.54, 1.807) is 4.90 Å². The largest absolute Gasteiger partial charge is 0.394 e. The van der Waals surface area contributed by atoms with Crippen LogP contribution < -0.4 is 11.1 Å². The zero-order chi connectivity index (χ0) is 17.5. The molecule has 6 nitrogen and oxygen atoms in total. The number of nitrogens with two attached hydrogens (primary N) is 1. The summed E-state index contributed by atoms with van der Waals surface area (Å²) in [6, 6.07) is 6.57. The van der Waals surface area contributed by atoms with Crippen LogP contribution in [0.1, 0.15) is 32.3 Å². The highest BCUT2D eigenvalue weighted by molar-refractivity contribution is 6.07. The third-order valence-electron chi connectivity index (χ3n) is 5.13. The van der Waals surface area contributed by atoms with Gasteiger partial charge < -0.3 is 21.1 Å². The Balaban J connectivity index is 1.90. The molecule has 1 aromatic rings. The fourth-order valence-corrected chi connectivity index (χ4v) is 3.97. The van der Waals surface area contributed by atoms with Crippen molar-refractivity contribution in [3.8, 4) is 0 Å². The molecule has 24 heavy (non-hydrogen) atoms. The highest BCUT2D eigenvalue weighted by atomic mass is 16.3. The summed E-state index contributed by atoms with van der Waals surface area (Å²) in [6.45, 7) is 4.13. The predicted molar refractivity (Wildman–Crippen MR) is 91.4 cm³/mol. The molecule has 3 rings (SSSR count). The maximum Gasteiger partial charge on any atom is 0.239 e. The van der Waals surface area contributed by atoms with E-state index in [-0.39, 0.29) is 31.0 Å². The van der Waals surface area contributed by atoms with Gasteiger partial charge >= 0.3 is 0 Å². The molecule has 0 saturated carbocycles. The number of nitrogens with zero attached hydrogens (tertiary/aromatic N) is 1. The summed E-state index contributed by atoms with van der Waals surface area (Å²) < 4.78 is 0. The van der Waals surface area contributed by atoms with Gasteiger partial charge in [-0.05, 0) is 30.4 Å². The van der Waals surface area contributed by atoms with Crippen LogP contribution in [0.5, 0.6) is 0 Å².